The Morgan fingerprint density at radius 2 is 1.73 bits per heavy atom. The molecular weight excluding hydrogens is 278 g/mol. The Hall–Kier alpha value is -2.56. The third kappa shape index (κ3) is 3.36. The standard InChI is InChI=1S/C17H21N3O2/c1-9-6-13(7-10(2)14(9)8-15(21)22)20-17-16(18)11(3)5-12(4)19-17/h5-7H,8,18H2,1-4H3,(H,19,20)(H,21,22). The zero-order chi connectivity index (χ0) is 16.4. The maximum Gasteiger partial charge on any atom is 0.307 e. The second-order valence-corrected chi connectivity index (χ2v) is 5.63. The third-order valence-corrected chi connectivity index (χ3v) is 3.68. The highest BCUT2D eigenvalue weighted by Gasteiger charge is 2.11. The molecule has 4 N–H and O–H groups in total. The summed E-state index contributed by atoms with van der Waals surface area (Å²) in [5.41, 5.74) is 12.1. The molecule has 22 heavy (non-hydrogen) atoms. The number of hydrogen-bond acceptors (Lipinski definition) is 4. The van der Waals surface area contributed by atoms with Gasteiger partial charge in [0.15, 0.2) is 5.82 Å². The molecule has 116 valence electrons. The lowest BCUT2D eigenvalue weighted by molar-refractivity contribution is -0.136. The zero-order valence-corrected chi connectivity index (χ0v) is 13.3. The Bertz CT molecular complexity index is 716. The third-order valence-electron chi connectivity index (χ3n) is 3.68. The van der Waals surface area contributed by atoms with E-state index in [1.807, 2.05) is 45.9 Å². The number of nitrogen functional groups attached to an aromatic ring is 1. The van der Waals surface area contributed by atoms with Gasteiger partial charge in [-0.3, -0.25) is 4.79 Å². The summed E-state index contributed by atoms with van der Waals surface area (Å²) in [4.78, 5) is 15.4. The van der Waals surface area contributed by atoms with E-state index in [1.165, 1.54) is 0 Å². The summed E-state index contributed by atoms with van der Waals surface area (Å²) in [7, 11) is 0. The molecule has 0 amide bonds. The number of pyridine rings is 1. The lowest BCUT2D eigenvalue weighted by Crippen LogP contribution is -2.06. The van der Waals surface area contributed by atoms with Crippen molar-refractivity contribution in [3.05, 3.63) is 46.1 Å². The summed E-state index contributed by atoms with van der Waals surface area (Å²) >= 11 is 0. The van der Waals surface area contributed by atoms with Gasteiger partial charge >= 0.3 is 5.97 Å². The Morgan fingerprint density at radius 1 is 1.14 bits per heavy atom. The molecule has 0 saturated carbocycles. The lowest BCUT2D eigenvalue weighted by atomic mass is 9.99. The van der Waals surface area contributed by atoms with Crippen LogP contribution < -0.4 is 11.1 Å². The summed E-state index contributed by atoms with van der Waals surface area (Å²) in [6.07, 6.45) is 0.0297. The number of carboxylic acids is 1. The van der Waals surface area contributed by atoms with Crippen molar-refractivity contribution >= 4 is 23.2 Å². The molecule has 0 unspecified atom stereocenters. The number of anilines is 3. The topological polar surface area (TPSA) is 88.2 Å². The van der Waals surface area contributed by atoms with Crippen LogP contribution in [0.3, 0.4) is 0 Å². The molecular formula is C17H21N3O2. The van der Waals surface area contributed by atoms with Crippen LogP contribution in [0.5, 0.6) is 0 Å². The molecule has 0 fully saturated rings. The van der Waals surface area contributed by atoms with Gasteiger partial charge in [-0.2, -0.15) is 0 Å². The fourth-order valence-corrected chi connectivity index (χ4v) is 2.57. The minimum atomic E-state index is -0.827. The Morgan fingerprint density at radius 3 is 2.27 bits per heavy atom. The number of aromatic nitrogens is 1. The van der Waals surface area contributed by atoms with E-state index in [-0.39, 0.29) is 6.42 Å². The van der Waals surface area contributed by atoms with Gasteiger partial charge in [-0.1, -0.05) is 0 Å². The smallest absolute Gasteiger partial charge is 0.307 e. The molecule has 0 saturated heterocycles. The Kier molecular flexibility index (Phi) is 4.35. The number of nitrogens with zero attached hydrogens (tertiary/aromatic N) is 1. The SMILES string of the molecule is Cc1cc(C)c(N)c(Nc2cc(C)c(CC(=O)O)c(C)c2)n1. The second-order valence-electron chi connectivity index (χ2n) is 5.63. The predicted octanol–water partition coefficient (Wildman–Crippen LogP) is 3.27. The Balaban J connectivity index is 2.37. The molecule has 0 atom stereocenters. The van der Waals surface area contributed by atoms with Crippen molar-refractivity contribution in [2.24, 2.45) is 0 Å². The molecule has 5 heteroatoms. The molecule has 0 spiro atoms. The fraction of sp³-hybridized carbons (Fsp3) is 0.294. The number of benzene rings is 1. The monoisotopic (exact) mass is 299 g/mol. The first kappa shape index (κ1) is 15.8. The predicted molar refractivity (Wildman–Crippen MR) is 88.7 cm³/mol. The van der Waals surface area contributed by atoms with Crippen LogP contribution in [0.2, 0.25) is 0 Å². The minimum absolute atomic E-state index is 0.0297. The van der Waals surface area contributed by atoms with E-state index in [4.69, 9.17) is 10.8 Å². The maximum atomic E-state index is 10.9. The van der Waals surface area contributed by atoms with E-state index in [0.29, 0.717) is 11.5 Å². The van der Waals surface area contributed by atoms with Crippen LogP contribution in [0.25, 0.3) is 0 Å². The van der Waals surface area contributed by atoms with Crippen LogP contribution in [0, 0.1) is 27.7 Å². The molecule has 1 aromatic heterocycles. The first-order valence-electron chi connectivity index (χ1n) is 7.10. The van der Waals surface area contributed by atoms with Gasteiger partial charge in [0.25, 0.3) is 0 Å². The highest BCUT2D eigenvalue weighted by Crippen LogP contribution is 2.27. The van der Waals surface area contributed by atoms with Crippen LogP contribution >= 0.6 is 0 Å². The average molecular weight is 299 g/mol. The molecule has 2 rings (SSSR count). The molecule has 0 aliphatic heterocycles. The van der Waals surface area contributed by atoms with Crippen molar-refractivity contribution in [2.75, 3.05) is 11.1 Å². The van der Waals surface area contributed by atoms with Gasteiger partial charge in [-0.05, 0) is 68.1 Å². The van der Waals surface area contributed by atoms with E-state index in [0.717, 1.165) is 33.6 Å². The molecule has 2 aromatic rings. The minimum Gasteiger partial charge on any atom is -0.481 e. The van der Waals surface area contributed by atoms with Crippen LogP contribution in [-0.4, -0.2) is 16.1 Å². The number of aryl methyl sites for hydroxylation is 4. The van der Waals surface area contributed by atoms with Crippen molar-refractivity contribution < 1.29 is 9.90 Å². The van der Waals surface area contributed by atoms with Gasteiger partial charge in [0.1, 0.15) is 0 Å². The first-order chi connectivity index (χ1) is 10.3. The summed E-state index contributed by atoms with van der Waals surface area (Å²) in [5, 5.41) is 12.2. The van der Waals surface area contributed by atoms with Crippen molar-refractivity contribution in [3.8, 4) is 0 Å². The quantitative estimate of drug-likeness (QED) is 0.806. The lowest BCUT2D eigenvalue weighted by Gasteiger charge is -2.15. The second kappa shape index (κ2) is 6.05. The summed E-state index contributed by atoms with van der Waals surface area (Å²) in [5.74, 6) is -0.200. The summed E-state index contributed by atoms with van der Waals surface area (Å²) in [6, 6.07) is 5.78. The van der Waals surface area contributed by atoms with E-state index >= 15 is 0 Å². The molecule has 0 radical (unpaired) electrons. The Labute approximate surface area is 130 Å². The summed E-state index contributed by atoms with van der Waals surface area (Å²) < 4.78 is 0. The molecule has 5 nitrogen and oxygen atoms in total. The first-order valence-corrected chi connectivity index (χ1v) is 7.10. The molecule has 0 aliphatic carbocycles. The number of carbonyl (C=O) groups is 1. The number of aliphatic carboxylic acids is 1. The van der Waals surface area contributed by atoms with Gasteiger partial charge in [0, 0.05) is 11.4 Å². The van der Waals surface area contributed by atoms with Gasteiger partial charge in [0.2, 0.25) is 0 Å². The zero-order valence-electron chi connectivity index (χ0n) is 13.3. The van der Waals surface area contributed by atoms with E-state index in [1.54, 1.807) is 0 Å². The normalized spacial score (nSPS) is 10.5. The van der Waals surface area contributed by atoms with Crippen LogP contribution in [0.15, 0.2) is 18.2 Å². The van der Waals surface area contributed by atoms with Gasteiger partial charge in [-0.15, -0.1) is 0 Å². The largest absolute Gasteiger partial charge is 0.481 e. The molecule has 0 aliphatic rings. The highest BCUT2D eigenvalue weighted by atomic mass is 16.4. The molecule has 1 aromatic carbocycles. The van der Waals surface area contributed by atoms with Crippen LogP contribution in [0.4, 0.5) is 17.2 Å². The highest BCUT2D eigenvalue weighted by molar-refractivity contribution is 5.75. The number of rotatable bonds is 4. The van der Waals surface area contributed by atoms with Crippen molar-refractivity contribution in [1.29, 1.82) is 0 Å². The van der Waals surface area contributed by atoms with Crippen molar-refractivity contribution in [2.45, 2.75) is 34.1 Å². The van der Waals surface area contributed by atoms with Crippen molar-refractivity contribution in [1.82, 2.24) is 4.98 Å². The van der Waals surface area contributed by atoms with Gasteiger partial charge < -0.3 is 16.2 Å². The fourth-order valence-electron chi connectivity index (χ4n) is 2.57. The number of nitrogens with two attached hydrogens (primary N) is 1. The van der Waals surface area contributed by atoms with E-state index in [9.17, 15) is 4.79 Å². The maximum absolute atomic E-state index is 10.9. The van der Waals surface area contributed by atoms with Crippen LogP contribution in [0.1, 0.15) is 27.9 Å². The molecule has 1 heterocycles. The van der Waals surface area contributed by atoms with Gasteiger partial charge in [0.05, 0.1) is 12.1 Å². The van der Waals surface area contributed by atoms with E-state index < -0.39 is 5.97 Å². The molecule has 0 bridgehead atoms. The number of carboxylic acid groups (broad SMARTS) is 1. The van der Waals surface area contributed by atoms with Crippen molar-refractivity contribution in [3.63, 3.8) is 0 Å². The van der Waals surface area contributed by atoms with Crippen LogP contribution in [-0.2, 0) is 11.2 Å². The number of hydrogen-bond donors (Lipinski definition) is 3. The summed E-state index contributed by atoms with van der Waals surface area (Å²) in [6.45, 7) is 7.69. The average Bonchev–Trinajstić information content (AvgIpc) is 2.39. The van der Waals surface area contributed by atoms with Gasteiger partial charge in [-0.25, -0.2) is 4.98 Å². The number of nitrogens with one attached hydrogen (secondary N) is 1. The van der Waals surface area contributed by atoms with E-state index in [2.05, 4.69) is 10.3 Å².